The SMILES string of the molecule is CCSP(=S)(CC)CC. The molecule has 0 amide bonds. The summed E-state index contributed by atoms with van der Waals surface area (Å²) in [5.74, 6) is 1.19. The smallest absolute Gasteiger partial charge is 0.00600 e. The second-order valence-corrected chi connectivity index (χ2v) is 11.3. The Kier molecular flexibility index (Phi) is 5.29. The van der Waals surface area contributed by atoms with Crippen molar-refractivity contribution >= 4 is 28.4 Å². The molecule has 0 aliphatic heterocycles. The molecule has 0 saturated carbocycles. The van der Waals surface area contributed by atoms with Gasteiger partial charge in [-0.15, -0.1) is 11.4 Å². The van der Waals surface area contributed by atoms with Gasteiger partial charge in [0.1, 0.15) is 0 Å². The molecule has 0 aromatic carbocycles. The van der Waals surface area contributed by atoms with Gasteiger partial charge in [-0.1, -0.05) is 32.6 Å². The van der Waals surface area contributed by atoms with E-state index in [4.69, 9.17) is 11.8 Å². The topological polar surface area (TPSA) is 0 Å². The van der Waals surface area contributed by atoms with Crippen molar-refractivity contribution in [3.05, 3.63) is 0 Å². The van der Waals surface area contributed by atoms with E-state index in [-0.39, 0.29) is 0 Å². The Morgan fingerprint density at radius 1 is 1.22 bits per heavy atom. The Hall–Kier alpha value is 1.00. The molecule has 0 heterocycles. The zero-order valence-electron chi connectivity index (χ0n) is 6.39. The van der Waals surface area contributed by atoms with Gasteiger partial charge in [-0.2, -0.15) is 0 Å². The molecule has 0 bridgehead atoms. The standard InChI is InChI=1S/C6H15PS2/c1-4-7(8,5-2)9-6-3/h4-6H2,1-3H3. The van der Waals surface area contributed by atoms with Gasteiger partial charge in [0.15, 0.2) is 0 Å². The van der Waals surface area contributed by atoms with E-state index < -0.39 is 5.24 Å². The van der Waals surface area contributed by atoms with Gasteiger partial charge in [0, 0.05) is 5.24 Å². The largest absolute Gasteiger partial charge is 0.124 e. The van der Waals surface area contributed by atoms with Crippen molar-refractivity contribution in [2.24, 2.45) is 0 Å². The Morgan fingerprint density at radius 2 is 1.67 bits per heavy atom. The zero-order chi connectivity index (χ0) is 7.33. The Balaban J connectivity index is 3.78. The van der Waals surface area contributed by atoms with Gasteiger partial charge < -0.3 is 0 Å². The van der Waals surface area contributed by atoms with Crippen LogP contribution in [-0.4, -0.2) is 18.1 Å². The second-order valence-electron chi connectivity index (χ2n) is 1.86. The van der Waals surface area contributed by atoms with E-state index >= 15 is 0 Å². The van der Waals surface area contributed by atoms with Gasteiger partial charge >= 0.3 is 0 Å². The summed E-state index contributed by atoms with van der Waals surface area (Å²) in [7, 11) is 0. The molecule has 0 aliphatic rings. The van der Waals surface area contributed by atoms with Crippen molar-refractivity contribution in [1.82, 2.24) is 0 Å². The first-order valence-electron chi connectivity index (χ1n) is 3.41. The highest BCUT2D eigenvalue weighted by molar-refractivity contribution is 8.70. The predicted molar refractivity (Wildman–Crippen MR) is 53.5 cm³/mol. The number of hydrogen-bond donors (Lipinski definition) is 0. The van der Waals surface area contributed by atoms with E-state index in [0.29, 0.717) is 0 Å². The molecule has 0 aromatic heterocycles. The lowest BCUT2D eigenvalue weighted by Gasteiger charge is -2.15. The lowest BCUT2D eigenvalue weighted by atomic mass is 11.0. The molecule has 0 aromatic rings. The quantitative estimate of drug-likeness (QED) is 0.612. The molecule has 56 valence electrons. The Bertz CT molecular complexity index is 104. The summed E-state index contributed by atoms with van der Waals surface area (Å²) in [6, 6.07) is 0. The van der Waals surface area contributed by atoms with Gasteiger partial charge in [-0.25, -0.2) is 0 Å². The molecular weight excluding hydrogens is 167 g/mol. The van der Waals surface area contributed by atoms with Gasteiger partial charge in [0.25, 0.3) is 0 Å². The summed E-state index contributed by atoms with van der Waals surface area (Å²) in [5, 5.41) is -0.931. The molecule has 3 heteroatoms. The fourth-order valence-corrected chi connectivity index (χ4v) is 5.38. The van der Waals surface area contributed by atoms with Crippen LogP contribution < -0.4 is 0 Å². The van der Waals surface area contributed by atoms with Crippen molar-refractivity contribution < 1.29 is 0 Å². The maximum absolute atomic E-state index is 5.48. The van der Waals surface area contributed by atoms with Crippen LogP contribution in [0, 0.1) is 0 Å². The molecule has 0 fully saturated rings. The average molecular weight is 182 g/mol. The third kappa shape index (κ3) is 3.64. The van der Waals surface area contributed by atoms with E-state index in [1.165, 1.54) is 18.1 Å². The van der Waals surface area contributed by atoms with Gasteiger partial charge in [-0.3, -0.25) is 0 Å². The maximum Gasteiger partial charge on any atom is 0.00600 e. The summed E-state index contributed by atoms with van der Waals surface area (Å²) >= 11 is 7.48. The predicted octanol–water partition coefficient (Wildman–Crippen LogP) is 3.17. The Morgan fingerprint density at radius 3 is 1.78 bits per heavy atom. The van der Waals surface area contributed by atoms with Gasteiger partial charge in [-0.05, 0) is 18.1 Å². The average Bonchev–Trinajstić information content (AvgIpc) is 1.89. The summed E-state index contributed by atoms with van der Waals surface area (Å²) < 4.78 is 0. The highest BCUT2D eigenvalue weighted by Gasteiger charge is 2.09. The first-order valence-corrected chi connectivity index (χ1v) is 8.17. The maximum atomic E-state index is 5.48. The fourth-order valence-electron chi connectivity index (χ4n) is 0.641. The number of rotatable bonds is 4. The minimum absolute atomic E-state index is 0.931. The van der Waals surface area contributed by atoms with E-state index in [1.807, 2.05) is 11.4 Å². The minimum atomic E-state index is -0.931. The molecule has 0 unspecified atom stereocenters. The third-order valence-corrected chi connectivity index (χ3v) is 10.2. The molecule has 0 spiro atoms. The molecule has 0 saturated heterocycles. The molecule has 9 heavy (non-hydrogen) atoms. The van der Waals surface area contributed by atoms with Crippen molar-refractivity contribution in [3.8, 4) is 0 Å². The van der Waals surface area contributed by atoms with Crippen molar-refractivity contribution in [3.63, 3.8) is 0 Å². The molecule has 0 nitrogen and oxygen atoms in total. The van der Waals surface area contributed by atoms with Crippen LogP contribution in [-0.2, 0) is 11.8 Å². The number of hydrogen-bond acceptors (Lipinski definition) is 2. The first kappa shape index (κ1) is 10.0. The van der Waals surface area contributed by atoms with Crippen LogP contribution in [0.25, 0.3) is 0 Å². The van der Waals surface area contributed by atoms with E-state index in [2.05, 4.69) is 20.8 Å². The van der Waals surface area contributed by atoms with Gasteiger partial charge in [0.2, 0.25) is 0 Å². The molecule has 0 rings (SSSR count). The van der Waals surface area contributed by atoms with Gasteiger partial charge in [0.05, 0.1) is 0 Å². The highest BCUT2D eigenvalue weighted by atomic mass is 32.9. The van der Waals surface area contributed by atoms with E-state index in [9.17, 15) is 0 Å². The molecule has 0 radical (unpaired) electrons. The second kappa shape index (κ2) is 4.76. The monoisotopic (exact) mass is 182 g/mol. The zero-order valence-corrected chi connectivity index (χ0v) is 8.91. The van der Waals surface area contributed by atoms with Crippen LogP contribution in [0.2, 0.25) is 0 Å². The fraction of sp³-hybridized carbons (Fsp3) is 1.00. The third-order valence-electron chi connectivity index (χ3n) is 1.33. The molecule has 0 N–H and O–H groups in total. The minimum Gasteiger partial charge on any atom is -0.124 e. The summed E-state index contributed by atoms with van der Waals surface area (Å²) in [4.78, 5) is 0. The first-order chi connectivity index (χ1) is 4.18. The van der Waals surface area contributed by atoms with Crippen LogP contribution in [0.3, 0.4) is 0 Å². The van der Waals surface area contributed by atoms with Crippen LogP contribution in [0.5, 0.6) is 0 Å². The lowest BCUT2D eigenvalue weighted by Crippen LogP contribution is -1.83. The van der Waals surface area contributed by atoms with Crippen LogP contribution >= 0.6 is 16.6 Å². The van der Waals surface area contributed by atoms with Crippen molar-refractivity contribution in [1.29, 1.82) is 0 Å². The van der Waals surface area contributed by atoms with Crippen molar-refractivity contribution in [2.75, 3.05) is 18.1 Å². The highest BCUT2D eigenvalue weighted by Crippen LogP contribution is 2.57. The molecular formula is C6H15PS2. The van der Waals surface area contributed by atoms with Crippen LogP contribution in [0.1, 0.15) is 20.8 Å². The molecule has 0 aliphatic carbocycles. The van der Waals surface area contributed by atoms with E-state index in [1.54, 1.807) is 0 Å². The summed E-state index contributed by atoms with van der Waals surface area (Å²) in [6.45, 7) is 6.62. The summed E-state index contributed by atoms with van der Waals surface area (Å²) in [5.41, 5.74) is 0. The normalized spacial score (nSPS) is 11.9. The summed E-state index contributed by atoms with van der Waals surface area (Å²) in [6.07, 6.45) is 2.44. The lowest BCUT2D eigenvalue weighted by molar-refractivity contribution is 1.43. The molecule has 0 atom stereocenters. The van der Waals surface area contributed by atoms with Crippen molar-refractivity contribution in [2.45, 2.75) is 20.8 Å². The Labute approximate surface area is 67.6 Å². The van der Waals surface area contributed by atoms with Crippen LogP contribution in [0.4, 0.5) is 0 Å². The van der Waals surface area contributed by atoms with E-state index in [0.717, 1.165) is 0 Å². The van der Waals surface area contributed by atoms with Crippen LogP contribution in [0.15, 0.2) is 0 Å².